The lowest BCUT2D eigenvalue weighted by Gasteiger charge is -2.25. The fourth-order valence-electron chi connectivity index (χ4n) is 3.24. The first kappa shape index (κ1) is 18.4. The number of nitrogens with zero attached hydrogens (tertiary/aromatic N) is 3. The summed E-state index contributed by atoms with van der Waals surface area (Å²) in [6.45, 7) is 2.59. The summed E-state index contributed by atoms with van der Waals surface area (Å²) in [5.74, 6) is 0.831. The van der Waals surface area contributed by atoms with Gasteiger partial charge in [-0.25, -0.2) is 4.68 Å². The van der Waals surface area contributed by atoms with Gasteiger partial charge in [-0.3, -0.25) is 4.79 Å². The first-order chi connectivity index (χ1) is 13.1. The zero-order valence-corrected chi connectivity index (χ0v) is 16.9. The summed E-state index contributed by atoms with van der Waals surface area (Å²) in [7, 11) is 0. The molecule has 2 aromatic carbocycles. The highest BCUT2D eigenvalue weighted by molar-refractivity contribution is 7.99. The lowest BCUT2D eigenvalue weighted by atomic mass is 10.1. The average molecular weight is 418 g/mol. The second-order valence-corrected chi connectivity index (χ2v) is 8.31. The number of carbonyl (C=O) groups excluding carboxylic acids is 1. The minimum absolute atomic E-state index is 0.0318. The fourth-order valence-corrected chi connectivity index (χ4v) is 5.11. The number of para-hydroxylation sites is 1. The lowest BCUT2D eigenvalue weighted by molar-refractivity contribution is 0.0759. The van der Waals surface area contributed by atoms with Gasteiger partial charge in [-0.05, 0) is 31.2 Å². The van der Waals surface area contributed by atoms with E-state index in [0.29, 0.717) is 22.2 Å². The van der Waals surface area contributed by atoms with Crippen LogP contribution in [-0.2, 0) is 0 Å². The summed E-state index contributed by atoms with van der Waals surface area (Å²) in [4.78, 5) is 15.1. The average Bonchev–Trinajstić information content (AvgIpc) is 3.29. The number of hydrogen-bond acceptors (Lipinski definition) is 3. The third-order valence-electron chi connectivity index (χ3n) is 4.62. The van der Waals surface area contributed by atoms with Gasteiger partial charge in [0, 0.05) is 27.9 Å². The summed E-state index contributed by atoms with van der Waals surface area (Å²) < 4.78 is 1.79. The first-order valence-electron chi connectivity index (χ1n) is 8.54. The van der Waals surface area contributed by atoms with E-state index < -0.39 is 0 Å². The SMILES string of the molecule is Cc1c(C(=O)N2CCSC2c2ccc(Cl)cc2Cl)cnn1-c1ccccc1. The van der Waals surface area contributed by atoms with Crippen LogP contribution >= 0.6 is 35.0 Å². The maximum Gasteiger partial charge on any atom is 0.258 e. The van der Waals surface area contributed by atoms with Crippen LogP contribution in [0.5, 0.6) is 0 Å². The minimum atomic E-state index is -0.123. The maximum absolute atomic E-state index is 13.3. The van der Waals surface area contributed by atoms with E-state index in [1.165, 1.54) is 0 Å². The Morgan fingerprint density at radius 2 is 1.96 bits per heavy atom. The summed E-state index contributed by atoms with van der Waals surface area (Å²) in [5.41, 5.74) is 3.27. The van der Waals surface area contributed by atoms with Gasteiger partial charge >= 0.3 is 0 Å². The Balaban J connectivity index is 1.65. The van der Waals surface area contributed by atoms with Crippen LogP contribution < -0.4 is 0 Å². The second kappa shape index (κ2) is 7.58. The van der Waals surface area contributed by atoms with Crippen LogP contribution in [0.1, 0.15) is 27.0 Å². The van der Waals surface area contributed by atoms with Gasteiger partial charge in [0.25, 0.3) is 5.91 Å². The van der Waals surface area contributed by atoms with Crippen LogP contribution in [0.25, 0.3) is 5.69 Å². The summed E-state index contributed by atoms with van der Waals surface area (Å²) in [6.07, 6.45) is 1.65. The zero-order chi connectivity index (χ0) is 19.0. The smallest absolute Gasteiger partial charge is 0.258 e. The monoisotopic (exact) mass is 417 g/mol. The van der Waals surface area contributed by atoms with Gasteiger partial charge in [-0.2, -0.15) is 5.10 Å². The van der Waals surface area contributed by atoms with E-state index in [9.17, 15) is 4.79 Å². The zero-order valence-electron chi connectivity index (χ0n) is 14.6. The molecule has 0 bridgehead atoms. The maximum atomic E-state index is 13.3. The summed E-state index contributed by atoms with van der Waals surface area (Å²) in [6, 6.07) is 15.2. The van der Waals surface area contributed by atoms with Gasteiger partial charge in [-0.1, -0.05) is 47.5 Å². The normalized spacial score (nSPS) is 16.7. The van der Waals surface area contributed by atoms with Crippen molar-refractivity contribution in [1.82, 2.24) is 14.7 Å². The van der Waals surface area contributed by atoms with E-state index in [1.54, 1.807) is 28.7 Å². The molecule has 1 aliphatic heterocycles. The molecule has 1 atom stereocenters. The molecule has 138 valence electrons. The fraction of sp³-hybridized carbons (Fsp3) is 0.200. The molecule has 0 aliphatic carbocycles. The van der Waals surface area contributed by atoms with Crippen molar-refractivity contribution in [3.8, 4) is 5.69 Å². The number of hydrogen-bond donors (Lipinski definition) is 0. The molecule has 1 saturated heterocycles. The van der Waals surface area contributed by atoms with Gasteiger partial charge in [0.1, 0.15) is 5.37 Å². The standard InChI is InChI=1S/C20H17Cl2N3OS/c1-13-17(12-23-25(13)15-5-3-2-4-6-15)19(26)24-9-10-27-20(24)16-8-7-14(21)11-18(16)22/h2-8,11-12,20H,9-10H2,1H3. The minimum Gasteiger partial charge on any atom is -0.322 e. The third kappa shape index (κ3) is 3.47. The predicted molar refractivity (Wildman–Crippen MR) is 111 cm³/mol. The third-order valence-corrected chi connectivity index (χ3v) is 6.43. The number of carbonyl (C=O) groups is 1. The molecule has 0 radical (unpaired) electrons. The Morgan fingerprint density at radius 3 is 2.70 bits per heavy atom. The van der Waals surface area contributed by atoms with Crippen LogP contribution in [0.4, 0.5) is 0 Å². The van der Waals surface area contributed by atoms with Crippen molar-refractivity contribution in [3.63, 3.8) is 0 Å². The van der Waals surface area contributed by atoms with E-state index in [4.69, 9.17) is 23.2 Å². The molecule has 1 unspecified atom stereocenters. The highest BCUT2D eigenvalue weighted by Gasteiger charge is 2.34. The van der Waals surface area contributed by atoms with E-state index in [0.717, 1.165) is 22.7 Å². The lowest BCUT2D eigenvalue weighted by Crippen LogP contribution is -2.30. The predicted octanol–water partition coefficient (Wildman–Crippen LogP) is 5.38. The highest BCUT2D eigenvalue weighted by Crippen LogP contribution is 2.42. The number of amides is 1. The molecule has 0 saturated carbocycles. The van der Waals surface area contributed by atoms with Crippen LogP contribution in [0.15, 0.2) is 54.7 Å². The van der Waals surface area contributed by atoms with E-state index in [1.807, 2.05) is 54.3 Å². The molecule has 1 amide bonds. The highest BCUT2D eigenvalue weighted by atomic mass is 35.5. The Labute approximate surface area is 172 Å². The van der Waals surface area contributed by atoms with Gasteiger partial charge in [0.2, 0.25) is 0 Å². The van der Waals surface area contributed by atoms with Crippen molar-refractivity contribution in [3.05, 3.63) is 81.6 Å². The molecule has 1 aromatic heterocycles. The van der Waals surface area contributed by atoms with Gasteiger partial charge < -0.3 is 4.90 Å². The quantitative estimate of drug-likeness (QED) is 0.574. The molecule has 4 rings (SSSR count). The van der Waals surface area contributed by atoms with Crippen molar-refractivity contribution in [1.29, 1.82) is 0 Å². The Bertz CT molecular complexity index is 990. The van der Waals surface area contributed by atoms with Crippen LogP contribution in [0.2, 0.25) is 10.0 Å². The van der Waals surface area contributed by atoms with Gasteiger partial charge in [-0.15, -0.1) is 11.8 Å². The summed E-state index contributed by atoms with van der Waals surface area (Å²) >= 11 is 14.1. The van der Waals surface area contributed by atoms with E-state index >= 15 is 0 Å². The van der Waals surface area contributed by atoms with Crippen LogP contribution in [-0.4, -0.2) is 32.9 Å². The molecule has 27 heavy (non-hydrogen) atoms. The number of rotatable bonds is 3. The molecule has 4 nitrogen and oxygen atoms in total. The molecule has 0 N–H and O–H groups in total. The molecule has 1 aliphatic rings. The molecule has 7 heteroatoms. The van der Waals surface area contributed by atoms with Crippen molar-refractivity contribution in [2.24, 2.45) is 0 Å². The van der Waals surface area contributed by atoms with E-state index in [-0.39, 0.29) is 11.3 Å². The Hall–Kier alpha value is -1.95. The molecule has 1 fully saturated rings. The number of halogens is 2. The van der Waals surface area contributed by atoms with Crippen molar-refractivity contribution < 1.29 is 4.79 Å². The first-order valence-corrected chi connectivity index (χ1v) is 10.3. The number of thioether (sulfide) groups is 1. The molecule has 3 aromatic rings. The van der Waals surface area contributed by atoms with Crippen molar-refractivity contribution in [2.75, 3.05) is 12.3 Å². The Morgan fingerprint density at radius 1 is 1.19 bits per heavy atom. The van der Waals surface area contributed by atoms with Crippen molar-refractivity contribution >= 4 is 40.9 Å². The van der Waals surface area contributed by atoms with E-state index in [2.05, 4.69) is 5.10 Å². The molecule has 2 heterocycles. The van der Waals surface area contributed by atoms with Gasteiger partial charge in [0.15, 0.2) is 0 Å². The van der Waals surface area contributed by atoms with Crippen molar-refractivity contribution in [2.45, 2.75) is 12.3 Å². The summed E-state index contributed by atoms with van der Waals surface area (Å²) in [5, 5.41) is 5.47. The molecular formula is C20H17Cl2N3OS. The number of benzene rings is 2. The van der Waals surface area contributed by atoms with Gasteiger partial charge in [0.05, 0.1) is 23.1 Å². The Kier molecular flexibility index (Phi) is 5.17. The number of aromatic nitrogens is 2. The molecular weight excluding hydrogens is 401 g/mol. The molecule has 0 spiro atoms. The van der Waals surface area contributed by atoms with Crippen LogP contribution in [0, 0.1) is 6.92 Å². The topological polar surface area (TPSA) is 38.1 Å². The van der Waals surface area contributed by atoms with Crippen LogP contribution in [0.3, 0.4) is 0 Å². The largest absolute Gasteiger partial charge is 0.322 e. The second-order valence-electron chi connectivity index (χ2n) is 6.28.